The van der Waals surface area contributed by atoms with E-state index in [0.29, 0.717) is 4.91 Å². The number of halogens is 1. The second-order valence-electron chi connectivity index (χ2n) is 2.61. The average Bonchev–Trinajstić information content (AvgIpc) is 2.05. The fraction of sp³-hybridized carbons (Fsp3) is 0.111. The first-order chi connectivity index (χ1) is 6.05. The number of rotatable bonds is 2. The Kier molecular flexibility index (Phi) is 3.49. The molecule has 1 rings (SSSR count). The van der Waals surface area contributed by atoms with Crippen molar-refractivity contribution < 1.29 is 8.42 Å². The highest BCUT2D eigenvalue weighted by atomic mass is 127. The SMILES string of the molecule is CS(=O)(=O)/C(=C\I)c1ccccc1. The van der Waals surface area contributed by atoms with Gasteiger partial charge in [0.1, 0.15) is 0 Å². The summed E-state index contributed by atoms with van der Waals surface area (Å²) in [5.74, 6) is 0. The van der Waals surface area contributed by atoms with Gasteiger partial charge < -0.3 is 0 Å². The van der Waals surface area contributed by atoms with Gasteiger partial charge in [0, 0.05) is 6.26 Å². The molecule has 0 spiro atoms. The molecule has 0 bridgehead atoms. The van der Waals surface area contributed by atoms with E-state index in [1.807, 2.05) is 40.8 Å². The van der Waals surface area contributed by atoms with Crippen LogP contribution in [0.3, 0.4) is 0 Å². The van der Waals surface area contributed by atoms with E-state index in [1.165, 1.54) is 6.26 Å². The van der Waals surface area contributed by atoms with Crippen LogP contribution in [-0.2, 0) is 9.84 Å². The highest BCUT2D eigenvalue weighted by Gasteiger charge is 2.11. The van der Waals surface area contributed by atoms with Crippen molar-refractivity contribution >= 4 is 37.3 Å². The standard InChI is InChI=1S/C9H9IO2S/c1-13(11,12)9(7-10)8-5-3-2-4-6-8/h2-7H,1H3/b9-7-. The molecule has 0 saturated carbocycles. The third kappa shape index (κ3) is 2.80. The second-order valence-corrected chi connectivity index (χ2v) is 5.22. The van der Waals surface area contributed by atoms with Gasteiger partial charge in [-0.1, -0.05) is 52.9 Å². The molecule has 0 heterocycles. The molecule has 0 atom stereocenters. The smallest absolute Gasteiger partial charge is 0.176 e. The third-order valence-electron chi connectivity index (χ3n) is 1.56. The van der Waals surface area contributed by atoms with Crippen molar-refractivity contribution in [2.24, 2.45) is 0 Å². The van der Waals surface area contributed by atoms with Crippen LogP contribution in [0, 0.1) is 0 Å². The predicted octanol–water partition coefficient (Wildman–Crippen LogP) is 2.46. The first-order valence-corrected chi connectivity index (χ1v) is 6.75. The van der Waals surface area contributed by atoms with Crippen LogP contribution < -0.4 is 0 Å². The van der Waals surface area contributed by atoms with Crippen LogP contribution in [0.25, 0.3) is 4.91 Å². The molecule has 13 heavy (non-hydrogen) atoms. The molecule has 0 aliphatic heterocycles. The maximum absolute atomic E-state index is 11.3. The van der Waals surface area contributed by atoms with Crippen LogP contribution in [0.1, 0.15) is 5.56 Å². The third-order valence-corrected chi connectivity index (χ3v) is 3.75. The van der Waals surface area contributed by atoms with Crippen molar-refractivity contribution in [1.82, 2.24) is 0 Å². The molecule has 0 unspecified atom stereocenters. The van der Waals surface area contributed by atoms with Crippen LogP contribution in [0.15, 0.2) is 34.4 Å². The van der Waals surface area contributed by atoms with Gasteiger partial charge in [-0.3, -0.25) is 0 Å². The molecule has 4 heteroatoms. The van der Waals surface area contributed by atoms with E-state index in [9.17, 15) is 8.42 Å². The lowest BCUT2D eigenvalue weighted by Gasteiger charge is -2.02. The Labute approximate surface area is 91.7 Å². The summed E-state index contributed by atoms with van der Waals surface area (Å²) in [7, 11) is -3.11. The largest absolute Gasteiger partial charge is 0.224 e. The Morgan fingerprint density at radius 2 is 1.85 bits per heavy atom. The lowest BCUT2D eigenvalue weighted by Crippen LogP contribution is -1.98. The molecule has 0 aliphatic rings. The first kappa shape index (κ1) is 10.7. The quantitative estimate of drug-likeness (QED) is 0.787. The second kappa shape index (κ2) is 4.23. The van der Waals surface area contributed by atoms with Crippen molar-refractivity contribution in [2.75, 3.05) is 6.26 Å². The van der Waals surface area contributed by atoms with Crippen LogP contribution in [0.4, 0.5) is 0 Å². The van der Waals surface area contributed by atoms with Gasteiger partial charge >= 0.3 is 0 Å². The fourth-order valence-electron chi connectivity index (χ4n) is 0.960. The minimum Gasteiger partial charge on any atom is -0.224 e. The minimum atomic E-state index is -3.11. The monoisotopic (exact) mass is 308 g/mol. The summed E-state index contributed by atoms with van der Waals surface area (Å²) in [5.41, 5.74) is 0.736. The van der Waals surface area contributed by atoms with E-state index >= 15 is 0 Å². The summed E-state index contributed by atoms with van der Waals surface area (Å²) in [6.07, 6.45) is 1.21. The summed E-state index contributed by atoms with van der Waals surface area (Å²) in [6.45, 7) is 0. The normalized spacial score (nSPS) is 12.9. The van der Waals surface area contributed by atoms with E-state index in [1.54, 1.807) is 16.2 Å². The molecule has 0 amide bonds. The molecule has 70 valence electrons. The molecule has 1 aromatic rings. The molecule has 0 radical (unpaired) electrons. The zero-order valence-corrected chi connectivity index (χ0v) is 10.0. The van der Waals surface area contributed by atoms with Crippen molar-refractivity contribution in [3.8, 4) is 0 Å². The molecular formula is C9H9IO2S. The molecule has 1 aromatic carbocycles. The number of benzene rings is 1. The maximum Gasteiger partial charge on any atom is 0.176 e. The van der Waals surface area contributed by atoms with Gasteiger partial charge in [-0.2, -0.15) is 0 Å². The van der Waals surface area contributed by atoms with Crippen LogP contribution in [0.2, 0.25) is 0 Å². The van der Waals surface area contributed by atoms with E-state index in [2.05, 4.69) is 0 Å². The zero-order chi connectivity index (χ0) is 9.90. The van der Waals surface area contributed by atoms with Gasteiger partial charge in [-0.05, 0) is 9.65 Å². The van der Waals surface area contributed by atoms with Crippen molar-refractivity contribution in [3.05, 3.63) is 40.0 Å². The minimum absolute atomic E-state index is 0.369. The van der Waals surface area contributed by atoms with Gasteiger partial charge in [0.15, 0.2) is 9.84 Å². The average molecular weight is 308 g/mol. The predicted molar refractivity (Wildman–Crippen MR) is 63.3 cm³/mol. The molecule has 0 saturated heterocycles. The Balaban J connectivity index is 3.23. The van der Waals surface area contributed by atoms with Gasteiger partial charge in [0.25, 0.3) is 0 Å². The van der Waals surface area contributed by atoms with E-state index in [4.69, 9.17) is 0 Å². The van der Waals surface area contributed by atoms with Gasteiger partial charge in [0.05, 0.1) is 4.91 Å². The highest BCUT2D eigenvalue weighted by Crippen LogP contribution is 2.21. The van der Waals surface area contributed by atoms with Gasteiger partial charge in [0.2, 0.25) is 0 Å². The Morgan fingerprint density at radius 1 is 1.31 bits per heavy atom. The van der Waals surface area contributed by atoms with E-state index in [0.717, 1.165) is 5.56 Å². The molecule has 2 nitrogen and oxygen atoms in total. The van der Waals surface area contributed by atoms with Gasteiger partial charge in [-0.25, -0.2) is 8.42 Å². The lowest BCUT2D eigenvalue weighted by atomic mass is 10.2. The zero-order valence-electron chi connectivity index (χ0n) is 7.07. The summed E-state index contributed by atoms with van der Waals surface area (Å²) in [4.78, 5) is 0.369. The van der Waals surface area contributed by atoms with E-state index < -0.39 is 9.84 Å². The fourth-order valence-corrected chi connectivity index (χ4v) is 3.43. The summed E-state index contributed by atoms with van der Waals surface area (Å²) in [5, 5.41) is 0. The summed E-state index contributed by atoms with van der Waals surface area (Å²) in [6, 6.07) is 9.06. The summed E-state index contributed by atoms with van der Waals surface area (Å²) < 4.78 is 24.2. The molecule has 0 aliphatic carbocycles. The number of hydrogen-bond donors (Lipinski definition) is 0. The maximum atomic E-state index is 11.3. The van der Waals surface area contributed by atoms with Crippen LogP contribution >= 0.6 is 22.6 Å². The molecular weight excluding hydrogens is 299 g/mol. The van der Waals surface area contributed by atoms with Crippen LogP contribution in [-0.4, -0.2) is 14.7 Å². The molecule has 0 N–H and O–H groups in total. The first-order valence-electron chi connectivity index (χ1n) is 3.61. The lowest BCUT2D eigenvalue weighted by molar-refractivity contribution is 0.611. The van der Waals surface area contributed by atoms with E-state index in [-0.39, 0.29) is 0 Å². The topological polar surface area (TPSA) is 34.1 Å². The Bertz CT molecular complexity index is 407. The number of sulfone groups is 1. The van der Waals surface area contributed by atoms with Crippen molar-refractivity contribution in [3.63, 3.8) is 0 Å². The molecule has 0 fully saturated rings. The van der Waals surface area contributed by atoms with Crippen molar-refractivity contribution in [1.29, 1.82) is 0 Å². The summed E-state index contributed by atoms with van der Waals surface area (Å²) >= 11 is 1.94. The van der Waals surface area contributed by atoms with Gasteiger partial charge in [-0.15, -0.1) is 0 Å². The van der Waals surface area contributed by atoms with Crippen LogP contribution in [0.5, 0.6) is 0 Å². The van der Waals surface area contributed by atoms with Crippen molar-refractivity contribution in [2.45, 2.75) is 0 Å². The number of hydrogen-bond acceptors (Lipinski definition) is 2. The Hall–Kier alpha value is -0.360. The highest BCUT2D eigenvalue weighted by molar-refractivity contribution is 14.1. The Morgan fingerprint density at radius 3 is 2.23 bits per heavy atom. The molecule has 0 aromatic heterocycles.